The summed E-state index contributed by atoms with van der Waals surface area (Å²) in [5.74, 6) is -1.41. The molecule has 2 aromatic rings. The highest BCUT2D eigenvalue weighted by Crippen LogP contribution is 2.30. The molecular formula is C22H22FN3O3. The normalized spacial score (nSPS) is 21.0. The van der Waals surface area contributed by atoms with Gasteiger partial charge in [0.15, 0.2) is 0 Å². The lowest BCUT2D eigenvalue weighted by molar-refractivity contribution is -0.133. The van der Waals surface area contributed by atoms with Gasteiger partial charge in [0, 0.05) is 5.69 Å². The van der Waals surface area contributed by atoms with E-state index >= 15 is 0 Å². The molecule has 4 rings (SSSR count). The van der Waals surface area contributed by atoms with Crippen LogP contribution >= 0.6 is 0 Å². The highest BCUT2D eigenvalue weighted by molar-refractivity contribution is 6.10. The van der Waals surface area contributed by atoms with Gasteiger partial charge in [-0.3, -0.25) is 14.5 Å². The van der Waals surface area contributed by atoms with E-state index in [1.165, 1.54) is 29.8 Å². The molecular weight excluding hydrogens is 373 g/mol. The Balaban J connectivity index is 1.50. The van der Waals surface area contributed by atoms with Crippen molar-refractivity contribution < 1.29 is 18.8 Å². The number of carbonyl (C=O) groups excluding carboxylic acids is 3. The van der Waals surface area contributed by atoms with Gasteiger partial charge in [0.1, 0.15) is 17.9 Å². The molecule has 0 radical (unpaired) electrons. The monoisotopic (exact) mass is 395 g/mol. The zero-order chi connectivity index (χ0) is 20.6. The molecule has 1 aliphatic heterocycles. The lowest BCUT2D eigenvalue weighted by Crippen LogP contribution is -2.42. The van der Waals surface area contributed by atoms with Crippen molar-refractivity contribution in [2.75, 3.05) is 11.9 Å². The molecule has 1 heterocycles. The SMILES string of the molecule is C[C@]1(c2ccc(F)cc2)NC(=O)N(CC(=O)Nc2cccc3c2CCCC3)C1=O. The Hall–Kier alpha value is -3.22. The van der Waals surface area contributed by atoms with Crippen molar-refractivity contribution in [3.63, 3.8) is 0 Å². The van der Waals surface area contributed by atoms with E-state index in [-0.39, 0.29) is 6.54 Å². The molecule has 29 heavy (non-hydrogen) atoms. The zero-order valence-electron chi connectivity index (χ0n) is 16.1. The Morgan fingerprint density at radius 3 is 2.62 bits per heavy atom. The molecule has 4 amide bonds. The minimum absolute atomic E-state index is 0.384. The Kier molecular flexibility index (Phi) is 4.82. The van der Waals surface area contributed by atoms with Gasteiger partial charge in [-0.05, 0) is 67.5 Å². The minimum Gasteiger partial charge on any atom is -0.324 e. The molecule has 1 aliphatic carbocycles. The number of imide groups is 1. The summed E-state index contributed by atoms with van der Waals surface area (Å²) in [7, 11) is 0. The van der Waals surface area contributed by atoms with E-state index in [0.29, 0.717) is 5.56 Å². The van der Waals surface area contributed by atoms with Crippen molar-refractivity contribution >= 4 is 23.5 Å². The number of urea groups is 1. The summed E-state index contributed by atoms with van der Waals surface area (Å²) in [5, 5.41) is 5.47. The Morgan fingerprint density at radius 2 is 1.86 bits per heavy atom. The summed E-state index contributed by atoms with van der Waals surface area (Å²) >= 11 is 0. The second kappa shape index (κ2) is 7.31. The number of carbonyl (C=O) groups is 3. The van der Waals surface area contributed by atoms with Gasteiger partial charge in [0.2, 0.25) is 5.91 Å². The first-order chi connectivity index (χ1) is 13.9. The smallest absolute Gasteiger partial charge is 0.324 e. The molecule has 0 bridgehead atoms. The summed E-state index contributed by atoms with van der Waals surface area (Å²) in [4.78, 5) is 38.8. The molecule has 2 N–H and O–H groups in total. The first-order valence-electron chi connectivity index (χ1n) is 9.69. The molecule has 150 valence electrons. The third kappa shape index (κ3) is 3.48. The van der Waals surface area contributed by atoms with Crippen LogP contribution in [-0.2, 0) is 28.0 Å². The molecule has 7 heteroatoms. The van der Waals surface area contributed by atoms with Crippen molar-refractivity contribution in [1.29, 1.82) is 0 Å². The number of fused-ring (bicyclic) bond motifs is 1. The molecule has 1 atom stereocenters. The molecule has 6 nitrogen and oxygen atoms in total. The van der Waals surface area contributed by atoms with Gasteiger partial charge >= 0.3 is 6.03 Å². The number of halogens is 1. The summed E-state index contributed by atoms with van der Waals surface area (Å²) in [6.45, 7) is 1.16. The molecule has 0 unspecified atom stereocenters. The van der Waals surface area contributed by atoms with Crippen molar-refractivity contribution in [1.82, 2.24) is 10.2 Å². The van der Waals surface area contributed by atoms with E-state index in [1.54, 1.807) is 6.92 Å². The fraction of sp³-hybridized carbons (Fsp3) is 0.318. The number of benzene rings is 2. The van der Waals surface area contributed by atoms with E-state index in [2.05, 4.69) is 16.7 Å². The molecule has 0 saturated carbocycles. The minimum atomic E-state index is -1.34. The number of hydrogen-bond donors (Lipinski definition) is 2. The Bertz CT molecular complexity index is 989. The first-order valence-corrected chi connectivity index (χ1v) is 9.69. The van der Waals surface area contributed by atoms with Gasteiger partial charge in [-0.25, -0.2) is 9.18 Å². The van der Waals surface area contributed by atoms with E-state index in [9.17, 15) is 18.8 Å². The number of nitrogens with zero attached hydrogens (tertiary/aromatic N) is 1. The number of anilines is 1. The van der Waals surface area contributed by atoms with Crippen LogP contribution in [0.15, 0.2) is 42.5 Å². The fourth-order valence-electron chi connectivity index (χ4n) is 4.05. The van der Waals surface area contributed by atoms with Crippen molar-refractivity contribution in [3.05, 3.63) is 65.0 Å². The average molecular weight is 395 g/mol. The standard InChI is InChI=1S/C22H22FN3O3/c1-22(15-9-11-16(23)12-10-15)20(28)26(21(29)25-22)13-19(27)24-18-8-4-6-14-5-2-3-7-17(14)18/h4,6,8-12H,2-3,5,7,13H2,1H3,(H,24,27)(H,25,29)/t22-/m1/s1. The van der Waals surface area contributed by atoms with Crippen LogP contribution in [0.2, 0.25) is 0 Å². The molecule has 0 spiro atoms. The van der Waals surface area contributed by atoms with Crippen LogP contribution in [0.5, 0.6) is 0 Å². The number of nitrogens with one attached hydrogen (secondary N) is 2. The van der Waals surface area contributed by atoms with Gasteiger partial charge in [0.25, 0.3) is 5.91 Å². The highest BCUT2D eigenvalue weighted by atomic mass is 19.1. The van der Waals surface area contributed by atoms with Crippen LogP contribution in [0.4, 0.5) is 14.9 Å². The maximum atomic E-state index is 13.2. The number of amides is 4. The van der Waals surface area contributed by atoms with Crippen molar-refractivity contribution in [3.8, 4) is 0 Å². The van der Waals surface area contributed by atoms with E-state index in [0.717, 1.165) is 41.8 Å². The quantitative estimate of drug-likeness (QED) is 0.781. The molecule has 0 aromatic heterocycles. The second-order valence-corrected chi connectivity index (χ2v) is 7.65. The molecule has 1 fully saturated rings. The van der Waals surface area contributed by atoms with Gasteiger partial charge in [-0.2, -0.15) is 0 Å². The maximum Gasteiger partial charge on any atom is 0.325 e. The predicted molar refractivity (Wildman–Crippen MR) is 106 cm³/mol. The van der Waals surface area contributed by atoms with Crippen LogP contribution in [0.25, 0.3) is 0 Å². The average Bonchev–Trinajstić information content (AvgIpc) is 2.92. The van der Waals surface area contributed by atoms with Crippen molar-refractivity contribution in [2.45, 2.75) is 38.1 Å². The highest BCUT2D eigenvalue weighted by Gasteiger charge is 2.49. The third-order valence-electron chi connectivity index (χ3n) is 5.67. The van der Waals surface area contributed by atoms with Gasteiger partial charge < -0.3 is 10.6 Å². The van der Waals surface area contributed by atoms with Crippen molar-refractivity contribution in [2.24, 2.45) is 0 Å². The van der Waals surface area contributed by atoms with E-state index in [4.69, 9.17) is 0 Å². The summed E-state index contributed by atoms with van der Waals surface area (Å²) in [6, 6.07) is 10.5. The van der Waals surface area contributed by atoms with Crippen LogP contribution in [0, 0.1) is 5.82 Å². The van der Waals surface area contributed by atoms with Crippen LogP contribution in [0.3, 0.4) is 0 Å². The predicted octanol–water partition coefficient (Wildman–Crippen LogP) is 3.11. The number of aryl methyl sites for hydroxylation is 1. The van der Waals surface area contributed by atoms with Crippen LogP contribution in [-0.4, -0.2) is 29.3 Å². The maximum absolute atomic E-state index is 13.2. The van der Waals surface area contributed by atoms with Gasteiger partial charge in [-0.1, -0.05) is 24.3 Å². The van der Waals surface area contributed by atoms with Crippen LogP contribution in [0.1, 0.15) is 36.5 Å². The number of hydrogen-bond acceptors (Lipinski definition) is 3. The lowest BCUT2D eigenvalue weighted by atomic mass is 9.90. The summed E-state index contributed by atoms with van der Waals surface area (Å²) < 4.78 is 13.2. The Labute approximate surface area is 168 Å². The molecule has 2 aromatic carbocycles. The second-order valence-electron chi connectivity index (χ2n) is 7.65. The van der Waals surface area contributed by atoms with E-state index in [1.807, 2.05) is 12.1 Å². The largest absolute Gasteiger partial charge is 0.325 e. The Morgan fingerprint density at radius 1 is 1.14 bits per heavy atom. The zero-order valence-corrected chi connectivity index (χ0v) is 16.1. The first kappa shape index (κ1) is 19.1. The molecule has 1 saturated heterocycles. The van der Waals surface area contributed by atoms with Crippen LogP contribution < -0.4 is 10.6 Å². The van der Waals surface area contributed by atoms with Gasteiger partial charge in [0.05, 0.1) is 0 Å². The fourth-order valence-corrected chi connectivity index (χ4v) is 4.05. The molecule has 2 aliphatic rings. The van der Waals surface area contributed by atoms with Gasteiger partial charge in [-0.15, -0.1) is 0 Å². The number of rotatable bonds is 4. The topological polar surface area (TPSA) is 78.5 Å². The summed E-state index contributed by atoms with van der Waals surface area (Å²) in [5.41, 5.74) is 2.21. The lowest BCUT2D eigenvalue weighted by Gasteiger charge is -2.22. The third-order valence-corrected chi connectivity index (χ3v) is 5.67. The summed E-state index contributed by atoms with van der Waals surface area (Å²) in [6.07, 6.45) is 4.09. The van der Waals surface area contributed by atoms with E-state index < -0.39 is 29.2 Å².